The van der Waals surface area contributed by atoms with Crippen molar-refractivity contribution in [3.05, 3.63) is 45.3 Å². The molecule has 3 nitrogen and oxygen atoms in total. The van der Waals surface area contributed by atoms with Crippen LogP contribution >= 0.6 is 31.9 Å². The Kier molecular flexibility index (Phi) is 5.69. The van der Waals surface area contributed by atoms with Crippen LogP contribution in [0.25, 0.3) is 21.8 Å². The van der Waals surface area contributed by atoms with Gasteiger partial charge in [-0.1, -0.05) is 31.9 Å². The molecule has 0 aliphatic carbocycles. The number of hydrogen-bond donors (Lipinski definition) is 2. The quantitative estimate of drug-likeness (QED) is 0.577. The molecule has 2 N–H and O–H groups in total. The average Bonchev–Trinajstić information content (AvgIpc) is 2.77. The van der Waals surface area contributed by atoms with E-state index in [1.807, 2.05) is 0 Å². The molecule has 1 aromatic heterocycles. The van der Waals surface area contributed by atoms with Gasteiger partial charge in [-0.2, -0.15) is 0 Å². The molecule has 3 aromatic rings. The van der Waals surface area contributed by atoms with Gasteiger partial charge in [-0.05, 0) is 62.1 Å². The topological polar surface area (TPSA) is 29.6 Å². The smallest absolute Gasteiger partial charge is 0.121 e. The second kappa shape index (κ2) is 8.01. The van der Waals surface area contributed by atoms with Gasteiger partial charge in [-0.3, -0.25) is 0 Å². The van der Waals surface area contributed by atoms with Crippen molar-refractivity contribution in [3.63, 3.8) is 0 Å². The van der Waals surface area contributed by atoms with Crippen LogP contribution in [0.5, 0.6) is 0 Å². The number of rotatable bonds is 4. The van der Waals surface area contributed by atoms with Crippen molar-refractivity contribution in [1.82, 2.24) is 4.57 Å². The molecule has 0 bridgehead atoms. The maximum Gasteiger partial charge on any atom is 0.121 e. The Morgan fingerprint density at radius 3 is 1.96 bits per heavy atom. The lowest BCUT2D eigenvalue weighted by molar-refractivity contribution is -0.902. The second-order valence-corrected chi connectivity index (χ2v) is 9.29. The summed E-state index contributed by atoms with van der Waals surface area (Å²) in [5.41, 5.74) is 2.37. The van der Waals surface area contributed by atoms with E-state index in [1.54, 1.807) is 4.90 Å². The molecule has 1 aliphatic heterocycles. The number of aliphatic hydroxyl groups is 1. The van der Waals surface area contributed by atoms with Gasteiger partial charge >= 0.3 is 0 Å². The molecular formula is C21H25Br2N2O+. The number of nitrogens with one attached hydrogen (secondary N) is 1. The van der Waals surface area contributed by atoms with E-state index >= 15 is 0 Å². The molecule has 4 rings (SSSR count). The highest BCUT2D eigenvalue weighted by Gasteiger charge is 2.19. The Morgan fingerprint density at radius 2 is 1.42 bits per heavy atom. The molecule has 1 atom stereocenters. The number of aliphatic hydroxyl groups excluding tert-OH is 1. The molecule has 0 amide bonds. The van der Waals surface area contributed by atoms with E-state index in [2.05, 4.69) is 72.8 Å². The number of hydrogen-bond acceptors (Lipinski definition) is 1. The Hall–Kier alpha value is -0.880. The van der Waals surface area contributed by atoms with Crippen LogP contribution in [0.15, 0.2) is 45.3 Å². The van der Waals surface area contributed by atoms with Crippen molar-refractivity contribution in [1.29, 1.82) is 0 Å². The lowest BCUT2D eigenvalue weighted by Gasteiger charge is -2.21. The lowest BCUT2D eigenvalue weighted by atomic mass is 10.2. The minimum atomic E-state index is -0.325. The largest absolute Gasteiger partial charge is 0.385 e. The Labute approximate surface area is 171 Å². The predicted octanol–water partition coefficient (Wildman–Crippen LogP) is 4.14. The van der Waals surface area contributed by atoms with Crippen LogP contribution in [0.3, 0.4) is 0 Å². The SMILES string of the molecule is O[C@H](Cn1c2ccc(Br)cc2c2cc(Br)ccc21)C[NH+]1CCCCCC1. The summed E-state index contributed by atoms with van der Waals surface area (Å²) >= 11 is 7.19. The maximum absolute atomic E-state index is 10.8. The number of fused-ring (bicyclic) bond motifs is 3. The highest BCUT2D eigenvalue weighted by Crippen LogP contribution is 2.33. The molecule has 138 valence electrons. The Morgan fingerprint density at radius 1 is 0.885 bits per heavy atom. The van der Waals surface area contributed by atoms with Crippen molar-refractivity contribution in [2.24, 2.45) is 0 Å². The molecular weight excluding hydrogens is 456 g/mol. The van der Waals surface area contributed by atoms with E-state index in [1.165, 1.54) is 60.6 Å². The highest BCUT2D eigenvalue weighted by atomic mass is 79.9. The Balaban J connectivity index is 1.66. The van der Waals surface area contributed by atoms with Crippen molar-refractivity contribution in [3.8, 4) is 0 Å². The van der Waals surface area contributed by atoms with Gasteiger partial charge in [0.05, 0.1) is 19.6 Å². The predicted molar refractivity (Wildman–Crippen MR) is 115 cm³/mol. The number of benzene rings is 2. The summed E-state index contributed by atoms with van der Waals surface area (Å²) in [5, 5.41) is 13.3. The molecule has 1 fully saturated rings. The zero-order valence-corrected chi connectivity index (χ0v) is 18.0. The van der Waals surface area contributed by atoms with Crippen molar-refractivity contribution >= 4 is 53.7 Å². The second-order valence-electron chi connectivity index (χ2n) is 7.46. The molecule has 2 aromatic carbocycles. The fourth-order valence-electron chi connectivity index (χ4n) is 4.29. The fraction of sp³-hybridized carbons (Fsp3) is 0.429. The van der Waals surface area contributed by atoms with Gasteiger partial charge in [0.1, 0.15) is 12.6 Å². The monoisotopic (exact) mass is 479 g/mol. The van der Waals surface area contributed by atoms with Crippen LogP contribution in [0, 0.1) is 0 Å². The first-order valence-corrected chi connectivity index (χ1v) is 11.1. The van der Waals surface area contributed by atoms with Gasteiger partial charge in [-0.25, -0.2) is 0 Å². The standard InChI is InChI=1S/C21H24Br2N2O/c22-15-5-7-20-18(11-15)19-12-16(23)6-8-21(19)25(20)14-17(26)13-24-9-3-1-2-4-10-24/h5-8,11-12,17,26H,1-4,9-10,13-14H2/p+1/t17-/m0/s1. The summed E-state index contributed by atoms with van der Waals surface area (Å²) in [7, 11) is 0. The minimum Gasteiger partial charge on any atom is -0.385 e. The third kappa shape index (κ3) is 3.86. The van der Waals surface area contributed by atoms with Gasteiger partial charge in [0, 0.05) is 30.8 Å². The molecule has 0 unspecified atom stereocenters. The number of aromatic nitrogens is 1. The molecule has 1 saturated heterocycles. The van der Waals surface area contributed by atoms with Crippen LogP contribution in [-0.4, -0.2) is 35.4 Å². The van der Waals surface area contributed by atoms with E-state index in [0.717, 1.165) is 15.5 Å². The third-order valence-electron chi connectivity index (χ3n) is 5.52. The molecule has 2 heterocycles. The first-order chi connectivity index (χ1) is 12.6. The van der Waals surface area contributed by atoms with Crippen molar-refractivity contribution in [2.45, 2.75) is 38.3 Å². The highest BCUT2D eigenvalue weighted by molar-refractivity contribution is 9.10. The zero-order chi connectivity index (χ0) is 18.1. The van der Waals surface area contributed by atoms with Gasteiger partial charge in [-0.15, -0.1) is 0 Å². The zero-order valence-electron chi connectivity index (χ0n) is 14.8. The van der Waals surface area contributed by atoms with Gasteiger partial charge in [0.15, 0.2) is 0 Å². The maximum atomic E-state index is 10.8. The van der Waals surface area contributed by atoms with Crippen LogP contribution in [-0.2, 0) is 6.54 Å². The van der Waals surface area contributed by atoms with Crippen molar-refractivity contribution < 1.29 is 10.0 Å². The number of halogens is 2. The third-order valence-corrected chi connectivity index (χ3v) is 6.50. The molecule has 5 heteroatoms. The van der Waals surface area contributed by atoms with Crippen LogP contribution in [0.4, 0.5) is 0 Å². The summed E-state index contributed by atoms with van der Waals surface area (Å²) in [4.78, 5) is 1.56. The van der Waals surface area contributed by atoms with E-state index in [0.29, 0.717) is 6.54 Å². The summed E-state index contributed by atoms with van der Waals surface area (Å²) in [6.45, 7) is 3.88. The molecule has 0 spiro atoms. The summed E-state index contributed by atoms with van der Waals surface area (Å²) < 4.78 is 4.45. The van der Waals surface area contributed by atoms with E-state index < -0.39 is 0 Å². The number of nitrogens with zero attached hydrogens (tertiary/aromatic N) is 1. The van der Waals surface area contributed by atoms with Crippen molar-refractivity contribution in [2.75, 3.05) is 19.6 Å². The lowest BCUT2D eigenvalue weighted by Crippen LogP contribution is -3.13. The van der Waals surface area contributed by atoms with Gasteiger partial charge in [0.2, 0.25) is 0 Å². The average molecular weight is 481 g/mol. The number of likely N-dealkylation sites (tertiary alicyclic amines) is 1. The molecule has 0 radical (unpaired) electrons. The summed E-state index contributed by atoms with van der Waals surface area (Å²) in [6.07, 6.45) is 4.94. The summed E-state index contributed by atoms with van der Waals surface area (Å²) in [6, 6.07) is 12.8. The minimum absolute atomic E-state index is 0.325. The normalized spacial score (nSPS) is 17.7. The van der Waals surface area contributed by atoms with E-state index in [-0.39, 0.29) is 6.10 Å². The molecule has 1 aliphatic rings. The first kappa shape index (κ1) is 18.5. The Bertz CT molecular complexity index is 854. The molecule has 0 saturated carbocycles. The van der Waals surface area contributed by atoms with Crippen LogP contribution < -0.4 is 4.90 Å². The first-order valence-electron chi connectivity index (χ1n) is 9.50. The molecule has 26 heavy (non-hydrogen) atoms. The van der Waals surface area contributed by atoms with Gasteiger partial charge in [0.25, 0.3) is 0 Å². The number of quaternary nitrogens is 1. The van der Waals surface area contributed by atoms with E-state index in [9.17, 15) is 5.11 Å². The van der Waals surface area contributed by atoms with Crippen LogP contribution in [0.2, 0.25) is 0 Å². The fourth-order valence-corrected chi connectivity index (χ4v) is 5.01. The van der Waals surface area contributed by atoms with E-state index in [4.69, 9.17) is 0 Å². The summed E-state index contributed by atoms with van der Waals surface area (Å²) in [5.74, 6) is 0. The van der Waals surface area contributed by atoms with Crippen LogP contribution in [0.1, 0.15) is 25.7 Å². The van der Waals surface area contributed by atoms with Gasteiger partial charge < -0.3 is 14.6 Å².